The Morgan fingerprint density at radius 3 is 2.44 bits per heavy atom. The maximum absolute atomic E-state index is 14.3. The van der Waals surface area contributed by atoms with Gasteiger partial charge < -0.3 is 19.9 Å². The number of benzene rings is 2. The summed E-state index contributed by atoms with van der Waals surface area (Å²) < 4.78 is 64.2. The van der Waals surface area contributed by atoms with E-state index in [0.717, 1.165) is 18.2 Å². The number of alkyl halides is 3. The van der Waals surface area contributed by atoms with E-state index in [1.54, 1.807) is 39.0 Å². The zero-order valence-electron chi connectivity index (χ0n) is 20.4. The molecule has 0 aromatic heterocycles. The lowest BCUT2D eigenvalue weighted by atomic mass is 10.0. The molecule has 0 spiro atoms. The van der Waals surface area contributed by atoms with Crippen LogP contribution < -0.4 is 10.1 Å². The van der Waals surface area contributed by atoms with Gasteiger partial charge in [-0.2, -0.15) is 13.2 Å². The number of carboxylic acids is 1. The van der Waals surface area contributed by atoms with Crippen LogP contribution in [0.25, 0.3) is 6.08 Å². The predicted molar refractivity (Wildman–Crippen MR) is 126 cm³/mol. The van der Waals surface area contributed by atoms with Crippen molar-refractivity contribution >= 4 is 18.0 Å². The Morgan fingerprint density at radius 1 is 1.17 bits per heavy atom. The highest BCUT2D eigenvalue weighted by Crippen LogP contribution is 2.33. The van der Waals surface area contributed by atoms with Crippen LogP contribution in [-0.4, -0.2) is 35.8 Å². The van der Waals surface area contributed by atoms with Crippen molar-refractivity contribution in [3.63, 3.8) is 0 Å². The van der Waals surface area contributed by atoms with Crippen molar-refractivity contribution in [2.45, 2.75) is 59.0 Å². The van der Waals surface area contributed by atoms with Gasteiger partial charge in [-0.3, -0.25) is 4.79 Å². The predicted octanol–water partition coefficient (Wildman–Crippen LogP) is 5.38. The summed E-state index contributed by atoms with van der Waals surface area (Å²) in [7, 11) is 0. The number of rotatable bonds is 11. The summed E-state index contributed by atoms with van der Waals surface area (Å²) in [6, 6.07) is 7.90. The van der Waals surface area contributed by atoms with Crippen molar-refractivity contribution in [3.05, 3.63) is 70.0 Å². The summed E-state index contributed by atoms with van der Waals surface area (Å²) in [5.74, 6) is -2.70. The molecule has 0 aliphatic rings. The van der Waals surface area contributed by atoms with Crippen LogP contribution in [0.4, 0.5) is 17.6 Å². The minimum atomic E-state index is -4.86. The molecule has 0 bridgehead atoms. The summed E-state index contributed by atoms with van der Waals surface area (Å²) >= 11 is 0. The Hall–Kier alpha value is -3.40. The molecule has 2 N–H and O–H groups in total. The molecule has 196 valence electrons. The topological polar surface area (TPSA) is 84.9 Å². The van der Waals surface area contributed by atoms with Gasteiger partial charge in [-0.05, 0) is 51.5 Å². The van der Waals surface area contributed by atoms with Crippen LogP contribution in [0.15, 0.2) is 42.0 Å². The highest BCUT2D eigenvalue weighted by Gasteiger charge is 2.34. The number of hydrogen-bond donors (Lipinski definition) is 2. The zero-order chi connectivity index (χ0) is 27.0. The minimum Gasteiger partial charge on any atom is -0.494 e. The maximum atomic E-state index is 14.3. The second-order valence-electron chi connectivity index (χ2n) is 8.31. The van der Waals surface area contributed by atoms with Gasteiger partial charge in [0.05, 0.1) is 18.3 Å². The molecule has 2 aromatic carbocycles. The first-order valence-corrected chi connectivity index (χ1v) is 11.3. The van der Waals surface area contributed by atoms with Crippen molar-refractivity contribution in [1.82, 2.24) is 5.32 Å². The Labute approximate surface area is 206 Å². The third-order valence-corrected chi connectivity index (χ3v) is 5.06. The number of carboxylic acid groups (broad SMARTS) is 1. The summed E-state index contributed by atoms with van der Waals surface area (Å²) in [6.07, 6.45) is -5.07. The summed E-state index contributed by atoms with van der Waals surface area (Å²) in [5.41, 5.74) is -0.565. The standard InChI is InChI=1S/C26H29F4NO5/c1-5-35-21-10-9-17(13-22(25(33)34)36-15(2)3)12-19(21)14-31-24(32)16(4)11-18-7-6-8-20(23(18)27)26(28,29)30/h6-12,15,22H,5,13-14H2,1-4H3,(H,31,32)(H,33,34)/b16-11+. The normalized spacial score (nSPS) is 13.0. The molecular formula is C26H29F4NO5. The minimum absolute atomic E-state index is 0.00128. The molecular weight excluding hydrogens is 482 g/mol. The van der Waals surface area contributed by atoms with Crippen molar-refractivity contribution in [1.29, 1.82) is 0 Å². The van der Waals surface area contributed by atoms with Gasteiger partial charge in [0.2, 0.25) is 5.91 Å². The Kier molecular flexibility index (Phi) is 10.0. The van der Waals surface area contributed by atoms with E-state index in [4.69, 9.17) is 9.47 Å². The van der Waals surface area contributed by atoms with Crippen molar-refractivity contribution in [3.8, 4) is 5.75 Å². The van der Waals surface area contributed by atoms with E-state index < -0.39 is 35.5 Å². The lowest BCUT2D eigenvalue weighted by Gasteiger charge is -2.18. The van der Waals surface area contributed by atoms with E-state index in [-0.39, 0.29) is 30.2 Å². The smallest absolute Gasteiger partial charge is 0.419 e. The molecule has 2 aromatic rings. The van der Waals surface area contributed by atoms with Gasteiger partial charge >= 0.3 is 12.1 Å². The number of carbonyl (C=O) groups excluding carboxylic acids is 1. The lowest BCUT2D eigenvalue weighted by molar-refractivity contribution is -0.153. The van der Waals surface area contributed by atoms with Crippen LogP contribution in [0.3, 0.4) is 0 Å². The Balaban J connectivity index is 2.22. The molecule has 36 heavy (non-hydrogen) atoms. The fourth-order valence-corrected chi connectivity index (χ4v) is 3.42. The Morgan fingerprint density at radius 2 is 1.86 bits per heavy atom. The number of amides is 1. The molecule has 0 fully saturated rings. The van der Waals surface area contributed by atoms with E-state index in [9.17, 15) is 32.3 Å². The summed E-state index contributed by atoms with van der Waals surface area (Å²) in [5, 5.41) is 12.1. The molecule has 0 aliphatic heterocycles. The summed E-state index contributed by atoms with van der Waals surface area (Å²) in [4.78, 5) is 24.1. The lowest BCUT2D eigenvalue weighted by Crippen LogP contribution is -2.29. The molecule has 1 amide bonds. The SMILES string of the molecule is CCOc1ccc(CC(OC(C)C)C(=O)O)cc1CNC(=O)/C(C)=C/c1cccc(C(F)(F)F)c1F. The fourth-order valence-electron chi connectivity index (χ4n) is 3.42. The van der Waals surface area contributed by atoms with Gasteiger partial charge in [-0.1, -0.05) is 24.3 Å². The average molecular weight is 512 g/mol. The molecule has 0 saturated heterocycles. The van der Waals surface area contributed by atoms with E-state index >= 15 is 0 Å². The van der Waals surface area contributed by atoms with Gasteiger partial charge in [-0.25, -0.2) is 9.18 Å². The third kappa shape index (κ3) is 8.08. The number of halogens is 4. The van der Waals surface area contributed by atoms with Crippen molar-refractivity contribution < 1.29 is 41.7 Å². The first-order valence-electron chi connectivity index (χ1n) is 11.3. The van der Waals surface area contributed by atoms with Crippen LogP contribution >= 0.6 is 0 Å². The van der Waals surface area contributed by atoms with Gasteiger partial charge in [-0.15, -0.1) is 0 Å². The van der Waals surface area contributed by atoms with Gasteiger partial charge in [0.15, 0.2) is 6.10 Å². The first kappa shape index (κ1) is 28.8. The molecule has 0 heterocycles. The molecule has 0 aliphatic carbocycles. The molecule has 2 rings (SSSR count). The number of aliphatic carboxylic acids is 1. The van der Waals surface area contributed by atoms with Crippen LogP contribution in [-0.2, 0) is 33.5 Å². The van der Waals surface area contributed by atoms with E-state index in [1.165, 1.54) is 6.92 Å². The highest BCUT2D eigenvalue weighted by molar-refractivity contribution is 5.97. The zero-order valence-corrected chi connectivity index (χ0v) is 20.4. The van der Waals surface area contributed by atoms with E-state index in [0.29, 0.717) is 29.5 Å². The molecule has 0 saturated carbocycles. The van der Waals surface area contributed by atoms with Gasteiger partial charge in [0.1, 0.15) is 11.6 Å². The fraction of sp³-hybridized carbons (Fsp3) is 0.385. The first-order chi connectivity index (χ1) is 16.8. The molecule has 10 heteroatoms. The number of carbonyl (C=O) groups is 2. The third-order valence-electron chi connectivity index (χ3n) is 5.06. The van der Waals surface area contributed by atoms with Crippen LogP contribution in [0.5, 0.6) is 5.75 Å². The molecule has 1 atom stereocenters. The second-order valence-corrected chi connectivity index (χ2v) is 8.31. The van der Waals surface area contributed by atoms with Crippen LogP contribution in [0.1, 0.15) is 49.9 Å². The van der Waals surface area contributed by atoms with E-state index in [1.807, 2.05) is 0 Å². The molecule has 0 radical (unpaired) electrons. The van der Waals surface area contributed by atoms with Gasteiger partial charge in [0.25, 0.3) is 0 Å². The van der Waals surface area contributed by atoms with Crippen LogP contribution in [0.2, 0.25) is 0 Å². The number of nitrogens with one attached hydrogen (secondary N) is 1. The van der Waals surface area contributed by atoms with Crippen molar-refractivity contribution in [2.75, 3.05) is 6.61 Å². The second kappa shape index (κ2) is 12.5. The quantitative estimate of drug-likeness (QED) is 0.313. The average Bonchev–Trinajstić information content (AvgIpc) is 2.78. The summed E-state index contributed by atoms with van der Waals surface area (Å²) in [6.45, 7) is 6.94. The monoisotopic (exact) mass is 511 g/mol. The number of hydrogen-bond acceptors (Lipinski definition) is 4. The maximum Gasteiger partial charge on any atom is 0.419 e. The van der Waals surface area contributed by atoms with Crippen molar-refractivity contribution in [2.24, 2.45) is 0 Å². The number of ether oxygens (including phenoxy) is 2. The van der Waals surface area contributed by atoms with E-state index in [2.05, 4.69) is 5.32 Å². The highest BCUT2D eigenvalue weighted by atomic mass is 19.4. The van der Waals surface area contributed by atoms with Gasteiger partial charge in [0, 0.05) is 29.7 Å². The largest absolute Gasteiger partial charge is 0.494 e. The molecule has 6 nitrogen and oxygen atoms in total. The van der Waals surface area contributed by atoms with Crippen LogP contribution in [0, 0.1) is 5.82 Å². The Bertz CT molecular complexity index is 1110. The molecule has 1 unspecified atom stereocenters.